The minimum Gasteiger partial charge on any atom is -0.496 e. The first-order chi connectivity index (χ1) is 7.76. The van der Waals surface area contributed by atoms with Crippen LogP contribution in [0.15, 0.2) is 30.3 Å². The van der Waals surface area contributed by atoms with Crippen molar-refractivity contribution in [3.05, 3.63) is 41.5 Å². The first-order valence-corrected chi connectivity index (χ1v) is 5.19. The SMILES string of the molecule is COc1ccc2cc(C)ccc2c1CC#N. The van der Waals surface area contributed by atoms with Gasteiger partial charge in [0, 0.05) is 5.56 Å². The number of hydrogen-bond donors (Lipinski definition) is 0. The van der Waals surface area contributed by atoms with Crippen LogP contribution in [-0.4, -0.2) is 7.11 Å². The number of rotatable bonds is 2. The van der Waals surface area contributed by atoms with Crippen molar-refractivity contribution in [2.24, 2.45) is 0 Å². The van der Waals surface area contributed by atoms with E-state index in [-0.39, 0.29) is 0 Å². The Balaban J connectivity index is 2.74. The third-order valence-electron chi connectivity index (χ3n) is 2.72. The molecule has 2 heteroatoms. The van der Waals surface area contributed by atoms with Crippen molar-refractivity contribution in [1.82, 2.24) is 0 Å². The molecular formula is C14H13NO. The summed E-state index contributed by atoms with van der Waals surface area (Å²) in [5.74, 6) is 0.790. The number of nitriles is 1. The second-order valence-electron chi connectivity index (χ2n) is 3.81. The maximum absolute atomic E-state index is 8.85. The number of benzene rings is 2. The molecule has 2 rings (SSSR count). The monoisotopic (exact) mass is 211 g/mol. The van der Waals surface area contributed by atoms with Crippen LogP contribution in [0.1, 0.15) is 11.1 Å². The summed E-state index contributed by atoms with van der Waals surface area (Å²) in [4.78, 5) is 0. The molecular weight excluding hydrogens is 198 g/mol. The van der Waals surface area contributed by atoms with Crippen LogP contribution in [0.5, 0.6) is 5.75 Å². The molecule has 0 saturated carbocycles. The van der Waals surface area contributed by atoms with Crippen LogP contribution in [0.4, 0.5) is 0 Å². The van der Waals surface area contributed by atoms with Crippen molar-refractivity contribution >= 4 is 10.8 Å². The van der Waals surface area contributed by atoms with Gasteiger partial charge in [0.25, 0.3) is 0 Å². The lowest BCUT2D eigenvalue weighted by atomic mass is 10.00. The zero-order valence-corrected chi connectivity index (χ0v) is 9.45. The van der Waals surface area contributed by atoms with Gasteiger partial charge >= 0.3 is 0 Å². The standard InChI is InChI=1S/C14H13NO/c1-10-3-5-12-11(9-10)4-6-14(16-2)13(12)7-8-15/h3-6,9H,7H2,1-2H3. The first-order valence-electron chi connectivity index (χ1n) is 5.19. The van der Waals surface area contributed by atoms with Gasteiger partial charge in [0.15, 0.2) is 0 Å². The lowest BCUT2D eigenvalue weighted by Gasteiger charge is -2.09. The van der Waals surface area contributed by atoms with Gasteiger partial charge in [0.2, 0.25) is 0 Å². The molecule has 0 fully saturated rings. The van der Waals surface area contributed by atoms with Crippen LogP contribution < -0.4 is 4.74 Å². The highest BCUT2D eigenvalue weighted by atomic mass is 16.5. The van der Waals surface area contributed by atoms with Crippen molar-refractivity contribution in [2.75, 3.05) is 7.11 Å². The normalized spacial score (nSPS) is 10.1. The third-order valence-corrected chi connectivity index (χ3v) is 2.72. The molecule has 0 unspecified atom stereocenters. The van der Waals surface area contributed by atoms with Gasteiger partial charge in [-0.25, -0.2) is 0 Å². The van der Waals surface area contributed by atoms with E-state index in [1.54, 1.807) is 7.11 Å². The van der Waals surface area contributed by atoms with Gasteiger partial charge in [-0.2, -0.15) is 5.26 Å². The highest BCUT2D eigenvalue weighted by Gasteiger charge is 2.07. The quantitative estimate of drug-likeness (QED) is 0.764. The molecule has 16 heavy (non-hydrogen) atoms. The lowest BCUT2D eigenvalue weighted by molar-refractivity contribution is 0.411. The zero-order valence-electron chi connectivity index (χ0n) is 9.45. The molecule has 0 aliphatic carbocycles. The second kappa shape index (κ2) is 4.24. The minimum absolute atomic E-state index is 0.379. The molecule has 0 spiro atoms. The van der Waals surface area contributed by atoms with E-state index < -0.39 is 0 Å². The molecule has 0 radical (unpaired) electrons. The average Bonchev–Trinajstić information content (AvgIpc) is 2.29. The van der Waals surface area contributed by atoms with Gasteiger partial charge in [-0.3, -0.25) is 0 Å². The summed E-state index contributed by atoms with van der Waals surface area (Å²) in [6.07, 6.45) is 0.379. The number of aryl methyl sites for hydroxylation is 1. The van der Waals surface area contributed by atoms with Crippen molar-refractivity contribution in [3.63, 3.8) is 0 Å². The molecule has 0 heterocycles. The van der Waals surface area contributed by atoms with Gasteiger partial charge in [-0.05, 0) is 23.8 Å². The number of ether oxygens (including phenoxy) is 1. The van der Waals surface area contributed by atoms with E-state index >= 15 is 0 Å². The summed E-state index contributed by atoms with van der Waals surface area (Å²) < 4.78 is 5.29. The molecule has 0 bridgehead atoms. The van der Waals surface area contributed by atoms with Crippen molar-refractivity contribution < 1.29 is 4.74 Å². The first kappa shape index (κ1) is 10.5. The summed E-state index contributed by atoms with van der Waals surface area (Å²) in [5, 5.41) is 11.1. The Hall–Kier alpha value is -2.01. The molecule has 2 aromatic carbocycles. The highest BCUT2D eigenvalue weighted by Crippen LogP contribution is 2.28. The van der Waals surface area contributed by atoms with Gasteiger partial charge in [-0.15, -0.1) is 0 Å². The zero-order chi connectivity index (χ0) is 11.5. The second-order valence-corrected chi connectivity index (χ2v) is 3.81. The van der Waals surface area contributed by atoms with E-state index in [2.05, 4.69) is 31.2 Å². The van der Waals surface area contributed by atoms with Crippen LogP contribution in [-0.2, 0) is 6.42 Å². The number of methoxy groups -OCH3 is 1. The lowest BCUT2D eigenvalue weighted by Crippen LogP contribution is -1.92. The van der Waals surface area contributed by atoms with Crippen molar-refractivity contribution in [1.29, 1.82) is 5.26 Å². The maximum atomic E-state index is 8.85. The predicted octanol–water partition coefficient (Wildman–Crippen LogP) is 3.22. The van der Waals surface area contributed by atoms with Crippen LogP contribution >= 0.6 is 0 Å². The Morgan fingerprint density at radius 2 is 2.06 bits per heavy atom. The molecule has 0 aliphatic rings. The van der Waals surface area contributed by atoms with E-state index in [1.807, 2.05) is 12.1 Å². The van der Waals surface area contributed by atoms with Gasteiger partial charge in [-0.1, -0.05) is 29.8 Å². The number of fused-ring (bicyclic) bond motifs is 1. The van der Waals surface area contributed by atoms with Crippen LogP contribution in [0.25, 0.3) is 10.8 Å². The Kier molecular flexibility index (Phi) is 2.78. The Morgan fingerprint density at radius 3 is 2.75 bits per heavy atom. The largest absolute Gasteiger partial charge is 0.496 e. The number of nitrogens with zero attached hydrogens (tertiary/aromatic N) is 1. The van der Waals surface area contributed by atoms with Gasteiger partial charge < -0.3 is 4.74 Å². The maximum Gasteiger partial charge on any atom is 0.123 e. The fraction of sp³-hybridized carbons (Fsp3) is 0.214. The molecule has 0 aliphatic heterocycles. The highest BCUT2D eigenvalue weighted by molar-refractivity contribution is 5.88. The number of hydrogen-bond acceptors (Lipinski definition) is 2. The summed E-state index contributed by atoms with van der Waals surface area (Å²) in [5.41, 5.74) is 2.20. The molecule has 0 aromatic heterocycles. The van der Waals surface area contributed by atoms with E-state index in [0.29, 0.717) is 6.42 Å². The smallest absolute Gasteiger partial charge is 0.123 e. The molecule has 80 valence electrons. The summed E-state index contributed by atoms with van der Waals surface area (Å²) in [6.45, 7) is 2.06. The summed E-state index contributed by atoms with van der Waals surface area (Å²) in [7, 11) is 1.64. The van der Waals surface area contributed by atoms with Crippen LogP contribution in [0, 0.1) is 18.3 Å². The van der Waals surface area contributed by atoms with E-state index in [0.717, 1.165) is 22.1 Å². The molecule has 0 amide bonds. The fourth-order valence-corrected chi connectivity index (χ4v) is 1.95. The minimum atomic E-state index is 0.379. The van der Waals surface area contributed by atoms with Crippen LogP contribution in [0.2, 0.25) is 0 Å². The van der Waals surface area contributed by atoms with Crippen LogP contribution in [0.3, 0.4) is 0 Å². The van der Waals surface area contributed by atoms with Crippen molar-refractivity contribution in [2.45, 2.75) is 13.3 Å². The predicted molar refractivity (Wildman–Crippen MR) is 64.6 cm³/mol. The van der Waals surface area contributed by atoms with Crippen molar-refractivity contribution in [3.8, 4) is 11.8 Å². The third kappa shape index (κ3) is 1.72. The summed E-state index contributed by atoms with van der Waals surface area (Å²) >= 11 is 0. The van der Waals surface area contributed by atoms with E-state index in [4.69, 9.17) is 10.00 Å². The molecule has 0 atom stereocenters. The molecule has 0 N–H and O–H groups in total. The molecule has 0 saturated heterocycles. The van der Waals surface area contributed by atoms with Gasteiger partial charge in [0.1, 0.15) is 5.75 Å². The fourth-order valence-electron chi connectivity index (χ4n) is 1.95. The van der Waals surface area contributed by atoms with E-state index in [1.165, 1.54) is 5.56 Å². The molecule has 2 nitrogen and oxygen atoms in total. The summed E-state index contributed by atoms with van der Waals surface area (Å²) in [6, 6.07) is 12.4. The Labute approximate surface area is 95.1 Å². The Morgan fingerprint density at radius 1 is 1.25 bits per heavy atom. The topological polar surface area (TPSA) is 33.0 Å². The molecule has 2 aromatic rings. The van der Waals surface area contributed by atoms with E-state index in [9.17, 15) is 0 Å². The average molecular weight is 211 g/mol. The van der Waals surface area contributed by atoms with Gasteiger partial charge in [0.05, 0.1) is 19.6 Å². The Bertz CT molecular complexity index is 567.